The number of rotatable bonds is 4. The molecule has 8 heteroatoms. The second-order valence-electron chi connectivity index (χ2n) is 8.05. The number of hydrogen-bond acceptors (Lipinski definition) is 6. The summed E-state index contributed by atoms with van der Waals surface area (Å²) in [5, 5.41) is 9.83. The van der Waals surface area contributed by atoms with Gasteiger partial charge >= 0.3 is 10.1 Å². The van der Waals surface area contributed by atoms with Crippen molar-refractivity contribution in [2.45, 2.75) is 30.3 Å². The van der Waals surface area contributed by atoms with Gasteiger partial charge in [0.2, 0.25) is 0 Å². The van der Waals surface area contributed by atoms with Gasteiger partial charge in [-0.2, -0.15) is 8.42 Å². The summed E-state index contributed by atoms with van der Waals surface area (Å²) >= 11 is 0. The van der Waals surface area contributed by atoms with Crippen LogP contribution in [0.3, 0.4) is 0 Å². The van der Waals surface area contributed by atoms with Crippen LogP contribution in [0.4, 0.5) is 4.39 Å². The van der Waals surface area contributed by atoms with Crippen LogP contribution in [0.25, 0.3) is 0 Å². The number of hydrogen-bond donors (Lipinski definition) is 1. The van der Waals surface area contributed by atoms with Crippen molar-refractivity contribution < 1.29 is 26.8 Å². The fourth-order valence-electron chi connectivity index (χ4n) is 4.63. The summed E-state index contributed by atoms with van der Waals surface area (Å²) < 4.78 is 50.4. The molecular weight excluding hydrogens is 433 g/mol. The second-order valence-corrected chi connectivity index (χ2v) is 9.60. The van der Waals surface area contributed by atoms with Crippen molar-refractivity contribution in [3.8, 4) is 17.2 Å². The number of phenolic OH excluding ortho intramolecular Hbond substituents is 1. The average Bonchev–Trinajstić information content (AvgIpc) is 2.77. The SMILES string of the molecule is COc1ccc2c(c1OS(=O)(=O)c1cccc(F)c1)CN1CCc3cc(O)ccc3C1C2. The maximum absolute atomic E-state index is 13.6. The number of nitrogens with zero attached hydrogens (tertiary/aromatic N) is 1. The first-order valence-corrected chi connectivity index (χ1v) is 11.7. The lowest BCUT2D eigenvalue weighted by molar-refractivity contribution is 0.159. The van der Waals surface area contributed by atoms with E-state index in [2.05, 4.69) is 4.90 Å². The lowest BCUT2D eigenvalue weighted by Crippen LogP contribution is -2.39. The molecule has 0 aromatic heterocycles. The number of fused-ring (bicyclic) bond motifs is 4. The number of benzene rings is 3. The molecule has 5 rings (SSSR count). The molecule has 32 heavy (non-hydrogen) atoms. The lowest BCUT2D eigenvalue weighted by atomic mass is 9.83. The molecule has 3 aromatic carbocycles. The molecule has 6 nitrogen and oxygen atoms in total. The summed E-state index contributed by atoms with van der Waals surface area (Å²) in [5.41, 5.74) is 4.03. The highest BCUT2D eigenvalue weighted by atomic mass is 32.2. The standard InChI is InChI=1S/C24H22FNO5S/c1-30-23-8-5-15-12-22-20-7-6-18(27)11-16(20)9-10-26(22)14-21(15)24(23)31-32(28,29)19-4-2-3-17(25)13-19/h2-8,11,13,22,27H,9-10,12,14H2,1H3. The molecule has 0 saturated heterocycles. The van der Waals surface area contributed by atoms with E-state index >= 15 is 0 Å². The van der Waals surface area contributed by atoms with Gasteiger partial charge in [0, 0.05) is 24.7 Å². The minimum Gasteiger partial charge on any atom is -0.508 e. The largest absolute Gasteiger partial charge is 0.508 e. The summed E-state index contributed by atoms with van der Waals surface area (Å²) in [6.07, 6.45) is 1.46. The number of halogens is 1. The fourth-order valence-corrected chi connectivity index (χ4v) is 5.63. The number of phenols is 1. The molecule has 0 amide bonds. The quantitative estimate of drug-likeness (QED) is 0.600. The zero-order valence-corrected chi connectivity index (χ0v) is 18.2. The van der Waals surface area contributed by atoms with Gasteiger partial charge in [-0.1, -0.05) is 18.2 Å². The topological polar surface area (TPSA) is 76.1 Å². The molecule has 2 heterocycles. The van der Waals surface area contributed by atoms with Crippen LogP contribution in [-0.2, 0) is 29.5 Å². The van der Waals surface area contributed by atoms with Crippen LogP contribution < -0.4 is 8.92 Å². The van der Waals surface area contributed by atoms with Crippen LogP contribution in [0.5, 0.6) is 17.2 Å². The number of aromatic hydroxyl groups is 1. The van der Waals surface area contributed by atoms with E-state index in [9.17, 15) is 17.9 Å². The van der Waals surface area contributed by atoms with E-state index in [4.69, 9.17) is 8.92 Å². The first kappa shape index (κ1) is 20.8. The van der Waals surface area contributed by atoms with E-state index in [1.54, 1.807) is 12.1 Å². The molecule has 0 radical (unpaired) electrons. The van der Waals surface area contributed by atoms with Gasteiger partial charge in [-0.3, -0.25) is 4.90 Å². The van der Waals surface area contributed by atoms with Crippen LogP contribution in [0.2, 0.25) is 0 Å². The number of ether oxygens (including phenoxy) is 1. The maximum atomic E-state index is 13.6. The van der Waals surface area contributed by atoms with E-state index in [0.29, 0.717) is 18.7 Å². The molecule has 166 valence electrons. The highest BCUT2D eigenvalue weighted by Crippen LogP contribution is 2.45. The van der Waals surface area contributed by atoms with E-state index in [1.165, 1.54) is 30.9 Å². The van der Waals surface area contributed by atoms with Crippen LogP contribution in [-0.4, -0.2) is 32.1 Å². The Bertz CT molecular complexity index is 1310. The highest BCUT2D eigenvalue weighted by molar-refractivity contribution is 7.87. The zero-order valence-electron chi connectivity index (χ0n) is 17.4. The summed E-state index contributed by atoms with van der Waals surface area (Å²) in [4.78, 5) is 2.03. The van der Waals surface area contributed by atoms with Gasteiger partial charge in [-0.05, 0) is 65.9 Å². The molecule has 0 bridgehead atoms. The first-order chi connectivity index (χ1) is 15.4. The monoisotopic (exact) mass is 455 g/mol. The Hall–Kier alpha value is -3.10. The van der Waals surface area contributed by atoms with Gasteiger partial charge in [0.25, 0.3) is 0 Å². The van der Waals surface area contributed by atoms with Gasteiger partial charge < -0.3 is 14.0 Å². The van der Waals surface area contributed by atoms with Crippen molar-refractivity contribution in [1.82, 2.24) is 4.90 Å². The molecule has 1 N–H and O–H groups in total. The fraction of sp³-hybridized carbons (Fsp3) is 0.250. The molecule has 0 aliphatic carbocycles. The summed E-state index contributed by atoms with van der Waals surface area (Å²) in [5.74, 6) is 0.0581. The van der Waals surface area contributed by atoms with E-state index < -0.39 is 15.9 Å². The van der Waals surface area contributed by atoms with Crippen LogP contribution in [0.1, 0.15) is 28.3 Å². The van der Waals surface area contributed by atoms with E-state index in [-0.39, 0.29) is 22.4 Å². The van der Waals surface area contributed by atoms with Gasteiger partial charge in [0.1, 0.15) is 16.5 Å². The summed E-state index contributed by atoms with van der Waals surface area (Å²) in [6, 6.07) is 14.0. The Labute approximate surface area is 186 Å². The third-order valence-corrected chi connectivity index (χ3v) is 7.41. The van der Waals surface area contributed by atoms with Crippen molar-refractivity contribution in [2.75, 3.05) is 13.7 Å². The summed E-state index contributed by atoms with van der Waals surface area (Å²) in [7, 11) is -2.79. The first-order valence-electron chi connectivity index (χ1n) is 10.3. The van der Waals surface area contributed by atoms with Crippen molar-refractivity contribution in [3.05, 3.63) is 82.7 Å². The van der Waals surface area contributed by atoms with Crippen molar-refractivity contribution in [3.63, 3.8) is 0 Å². The van der Waals surface area contributed by atoms with Crippen LogP contribution in [0.15, 0.2) is 59.5 Å². The third kappa shape index (κ3) is 3.59. The molecule has 0 spiro atoms. The second kappa shape index (κ2) is 7.79. The third-order valence-electron chi connectivity index (χ3n) is 6.19. The lowest BCUT2D eigenvalue weighted by Gasteiger charge is -2.41. The van der Waals surface area contributed by atoms with Gasteiger partial charge in [0.15, 0.2) is 11.5 Å². The molecule has 2 aliphatic rings. The Morgan fingerprint density at radius 1 is 1.09 bits per heavy atom. The highest BCUT2D eigenvalue weighted by Gasteiger charge is 2.35. The molecule has 0 fully saturated rings. The molecule has 3 aromatic rings. The van der Waals surface area contributed by atoms with Gasteiger partial charge in [-0.25, -0.2) is 4.39 Å². The van der Waals surface area contributed by atoms with Gasteiger partial charge in [-0.15, -0.1) is 0 Å². The Kier molecular flexibility index (Phi) is 5.06. The minimum atomic E-state index is -4.25. The smallest absolute Gasteiger partial charge is 0.339 e. The maximum Gasteiger partial charge on any atom is 0.339 e. The number of methoxy groups -OCH3 is 1. The van der Waals surface area contributed by atoms with E-state index in [0.717, 1.165) is 35.7 Å². The predicted octanol–water partition coefficient (Wildman–Crippen LogP) is 3.96. The Morgan fingerprint density at radius 2 is 1.94 bits per heavy atom. The van der Waals surface area contributed by atoms with Crippen molar-refractivity contribution >= 4 is 10.1 Å². The zero-order chi connectivity index (χ0) is 22.5. The van der Waals surface area contributed by atoms with Crippen LogP contribution in [0, 0.1) is 5.82 Å². The minimum absolute atomic E-state index is 0.132. The Balaban J connectivity index is 1.54. The molecule has 1 atom stereocenters. The molecule has 2 aliphatic heterocycles. The van der Waals surface area contributed by atoms with E-state index in [1.807, 2.05) is 18.2 Å². The molecule has 1 unspecified atom stereocenters. The summed E-state index contributed by atoms with van der Waals surface area (Å²) in [6.45, 7) is 1.26. The Morgan fingerprint density at radius 3 is 2.72 bits per heavy atom. The average molecular weight is 456 g/mol. The van der Waals surface area contributed by atoms with Gasteiger partial charge in [0.05, 0.1) is 7.11 Å². The van der Waals surface area contributed by atoms with Crippen LogP contribution >= 0.6 is 0 Å². The molecular formula is C24H22FNO5S. The molecule has 0 saturated carbocycles. The predicted molar refractivity (Wildman–Crippen MR) is 116 cm³/mol. The van der Waals surface area contributed by atoms with Crippen molar-refractivity contribution in [1.29, 1.82) is 0 Å². The normalized spacial score (nSPS) is 17.8. The van der Waals surface area contributed by atoms with Crippen molar-refractivity contribution in [2.24, 2.45) is 0 Å².